The maximum atomic E-state index is 11.0. The number of carbonyl (C=O) groups is 2. The third kappa shape index (κ3) is 1.15. The number of amides is 1. The van der Waals surface area contributed by atoms with Crippen molar-refractivity contribution in [1.29, 1.82) is 0 Å². The van der Waals surface area contributed by atoms with Crippen LogP contribution in [0.2, 0.25) is 0 Å². The standard InChI is InChI=1S/C8H5NO2.Fe/c10-7-5-3-1-2-4-6(5)9-8(7)11;/h1-4H,(H,9,10,11);. The fourth-order valence-corrected chi connectivity index (χ4v) is 1.09. The first-order chi connectivity index (χ1) is 5.29. The van der Waals surface area contributed by atoms with Crippen molar-refractivity contribution in [2.45, 2.75) is 0 Å². The van der Waals surface area contributed by atoms with Crippen molar-refractivity contribution in [3.8, 4) is 0 Å². The molecule has 4 heteroatoms. The molecule has 0 aromatic heterocycles. The van der Waals surface area contributed by atoms with E-state index in [4.69, 9.17) is 0 Å². The second-order valence-corrected chi connectivity index (χ2v) is 2.33. The number of benzene rings is 1. The van der Waals surface area contributed by atoms with Crippen LogP contribution in [-0.2, 0) is 21.9 Å². The van der Waals surface area contributed by atoms with E-state index in [1.165, 1.54) is 0 Å². The van der Waals surface area contributed by atoms with E-state index in [2.05, 4.69) is 5.32 Å². The molecule has 0 bridgehead atoms. The molecule has 0 saturated carbocycles. The summed E-state index contributed by atoms with van der Waals surface area (Å²) in [6, 6.07) is 6.85. The van der Waals surface area contributed by atoms with Crippen LogP contribution >= 0.6 is 0 Å². The van der Waals surface area contributed by atoms with Gasteiger partial charge >= 0.3 is 0 Å². The Hall–Kier alpha value is -1.12. The van der Waals surface area contributed by atoms with Crippen LogP contribution < -0.4 is 5.32 Å². The molecule has 0 fully saturated rings. The molecule has 12 heavy (non-hydrogen) atoms. The Bertz CT molecular complexity index is 349. The first kappa shape index (κ1) is 8.97. The van der Waals surface area contributed by atoms with E-state index in [1.54, 1.807) is 24.3 Å². The molecule has 1 aliphatic heterocycles. The summed E-state index contributed by atoms with van der Waals surface area (Å²) in [6.07, 6.45) is 0. The van der Waals surface area contributed by atoms with Gasteiger partial charge in [0.2, 0.25) is 0 Å². The molecule has 0 aliphatic carbocycles. The smallest absolute Gasteiger partial charge is 0.296 e. The summed E-state index contributed by atoms with van der Waals surface area (Å²) in [5, 5.41) is 2.46. The number of anilines is 1. The summed E-state index contributed by atoms with van der Waals surface area (Å²) in [5.74, 6) is -0.980. The molecule has 1 aromatic rings. The summed E-state index contributed by atoms with van der Waals surface area (Å²) >= 11 is 0. The van der Waals surface area contributed by atoms with E-state index in [9.17, 15) is 9.59 Å². The molecule has 0 radical (unpaired) electrons. The zero-order chi connectivity index (χ0) is 7.84. The fourth-order valence-electron chi connectivity index (χ4n) is 1.09. The Labute approximate surface area is 79.6 Å². The van der Waals surface area contributed by atoms with Gasteiger partial charge in [-0.3, -0.25) is 9.59 Å². The van der Waals surface area contributed by atoms with Gasteiger partial charge in [0.1, 0.15) is 0 Å². The topological polar surface area (TPSA) is 46.2 Å². The Morgan fingerprint density at radius 1 is 1.08 bits per heavy atom. The van der Waals surface area contributed by atoms with Gasteiger partial charge in [-0.1, -0.05) is 12.1 Å². The molecule has 1 aliphatic rings. The predicted octanol–water partition coefficient (Wildman–Crippen LogP) is 0.819. The van der Waals surface area contributed by atoms with Crippen LogP contribution in [0.5, 0.6) is 0 Å². The van der Waals surface area contributed by atoms with Crippen LogP contribution in [0.1, 0.15) is 10.4 Å². The molecule has 1 aromatic carbocycles. The molecular weight excluding hydrogens is 198 g/mol. The molecule has 0 unspecified atom stereocenters. The zero-order valence-electron chi connectivity index (χ0n) is 5.98. The number of fused-ring (bicyclic) bond motifs is 1. The molecule has 0 saturated heterocycles. The Kier molecular flexibility index (Phi) is 2.31. The number of hydrogen-bond acceptors (Lipinski definition) is 2. The van der Waals surface area contributed by atoms with Crippen LogP contribution in [0.3, 0.4) is 0 Å². The van der Waals surface area contributed by atoms with Crippen molar-refractivity contribution < 1.29 is 26.7 Å². The average Bonchev–Trinajstić information content (AvgIpc) is 2.30. The number of para-hydroxylation sites is 1. The van der Waals surface area contributed by atoms with E-state index in [-0.39, 0.29) is 17.1 Å². The quantitative estimate of drug-likeness (QED) is 0.501. The van der Waals surface area contributed by atoms with Gasteiger partial charge in [0.15, 0.2) is 0 Å². The van der Waals surface area contributed by atoms with Crippen molar-refractivity contribution in [1.82, 2.24) is 0 Å². The summed E-state index contributed by atoms with van der Waals surface area (Å²) < 4.78 is 0. The molecule has 1 N–H and O–H groups in total. The average molecular weight is 203 g/mol. The summed E-state index contributed by atoms with van der Waals surface area (Å²) in [5.41, 5.74) is 1.08. The zero-order valence-corrected chi connectivity index (χ0v) is 7.08. The van der Waals surface area contributed by atoms with Crippen LogP contribution in [0.15, 0.2) is 24.3 Å². The monoisotopic (exact) mass is 203 g/mol. The van der Waals surface area contributed by atoms with E-state index in [0.717, 1.165) is 0 Å². The second-order valence-electron chi connectivity index (χ2n) is 2.33. The van der Waals surface area contributed by atoms with Crippen molar-refractivity contribution >= 4 is 17.4 Å². The minimum absolute atomic E-state index is 0. The van der Waals surface area contributed by atoms with Crippen LogP contribution in [-0.4, -0.2) is 11.7 Å². The van der Waals surface area contributed by atoms with Crippen molar-refractivity contribution in [3.63, 3.8) is 0 Å². The minimum Gasteiger partial charge on any atom is -0.318 e. The van der Waals surface area contributed by atoms with Gasteiger partial charge < -0.3 is 5.32 Å². The summed E-state index contributed by atoms with van der Waals surface area (Å²) in [6.45, 7) is 0. The predicted molar refractivity (Wildman–Crippen MR) is 39.4 cm³/mol. The van der Waals surface area contributed by atoms with Crippen molar-refractivity contribution in [2.75, 3.05) is 5.32 Å². The largest absolute Gasteiger partial charge is 0.318 e. The van der Waals surface area contributed by atoms with Crippen molar-refractivity contribution in [2.24, 2.45) is 0 Å². The Morgan fingerprint density at radius 3 is 2.42 bits per heavy atom. The van der Waals surface area contributed by atoms with Crippen LogP contribution in [0.25, 0.3) is 0 Å². The molecule has 2 rings (SSSR count). The molecule has 1 amide bonds. The number of rotatable bonds is 0. The van der Waals surface area contributed by atoms with Gasteiger partial charge in [0.25, 0.3) is 11.7 Å². The van der Waals surface area contributed by atoms with Gasteiger partial charge in [-0.25, -0.2) is 0 Å². The molecular formula is C8H5FeNO2. The molecule has 0 atom stereocenters. The number of ketones is 1. The molecule has 3 nitrogen and oxygen atoms in total. The number of carbonyl (C=O) groups excluding carboxylic acids is 2. The first-order valence-electron chi connectivity index (χ1n) is 3.24. The molecule has 1 heterocycles. The van der Waals surface area contributed by atoms with E-state index in [0.29, 0.717) is 11.3 Å². The number of nitrogens with one attached hydrogen (secondary N) is 1. The summed E-state index contributed by atoms with van der Waals surface area (Å²) in [4.78, 5) is 21.8. The first-order valence-corrected chi connectivity index (χ1v) is 3.24. The minimum atomic E-state index is -0.536. The van der Waals surface area contributed by atoms with E-state index < -0.39 is 11.7 Å². The number of hydrogen-bond donors (Lipinski definition) is 1. The van der Waals surface area contributed by atoms with E-state index >= 15 is 0 Å². The number of Topliss-reactive ketones (excluding diaryl/α,β-unsaturated/α-hetero) is 1. The van der Waals surface area contributed by atoms with Crippen LogP contribution in [0, 0.1) is 0 Å². The maximum Gasteiger partial charge on any atom is 0.296 e. The summed E-state index contributed by atoms with van der Waals surface area (Å²) in [7, 11) is 0. The van der Waals surface area contributed by atoms with Gasteiger partial charge in [-0.2, -0.15) is 0 Å². The maximum absolute atomic E-state index is 11.0. The van der Waals surface area contributed by atoms with Gasteiger partial charge in [-0.05, 0) is 12.1 Å². The Morgan fingerprint density at radius 2 is 1.75 bits per heavy atom. The van der Waals surface area contributed by atoms with Gasteiger partial charge in [-0.15, -0.1) is 0 Å². The fraction of sp³-hybridized carbons (Fsp3) is 0. The second kappa shape index (κ2) is 3.09. The van der Waals surface area contributed by atoms with Crippen molar-refractivity contribution in [3.05, 3.63) is 29.8 Å². The molecule has 0 spiro atoms. The van der Waals surface area contributed by atoms with Crippen LogP contribution in [0.4, 0.5) is 5.69 Å². The van der Waals surface area contributed by atoms with E-state index in [1.807, 2.05) is 0 Å². The Balaban J connectivity index is 0.000000720. The molecule has 62 valence electrons. The third-order valence-electron chi connectivity index (χ3n) is 1.63. The SMILES string of the molecule is O=C1Nc2ccccc2C1=O.[Fe]. The van der Waals surface area contributed by atoms with Gasteiger partial charge in [0.05, 0.1) is 11.3 Å². The van der Waals surface area contributed by atoms with Gasteiger partial charge in [0, 0.05) is 17.1 Å². The third-order valence-corrected chi connectivity index (χ3v) is 1.63. The normalized spacial score (nSPS) is 13.3.